The van der Waals surface area contributed by atoms with Gasteiger partial charge in [-0.15, -0.1) is 0 Å². The van der Waals surface area contributed by atoms with Crippen LogP contribution in [-0.4, -0.2) is 24.8 Å². The van der Waals surface area contributed by atoms with Crippen molar-refractivity contribution in [3.8, 4) is 0 Å². The van der Waals surface area contributed by atoms with Gasteiger partial charge in [0.25, 0.3) is 15.8 Å². The SMILES string of the molecule is CS(=O)(=O)OCc1cnoc1C(c1cccc([N+](=O)[O-])c1)C1CCC1. The van der Waals surface area contributed by atoms with Gasteiger partial charge < -0.3 is 4.52 Å². The maximum absolute atomic E-state index is 11.3. The van der Waals surface area contributed by atoms with Crippen LogP contribution in [0.25, 0.3) is 0 Å². The van der Waals surface area contributed by atoms with Crippen molar-refractivity contribution in [1.82, 2.24) is 5.16 Å². The third-order valence-corrected chi connectivity index (χ3v) is 4.99. The maximum Gasteiger partial charge on any atom is 0.269 e. The summed E-state index contributed by atoms with van der Waals surface area (Å²) in [5.74, 6) is 0.565. The van der Waals surface area contributed by atoms with E-state index in [-0.39, 0.29) is 24.1 Å². The highest BCUT2D eigenvalue weighted by molar-refractivity contribution is 7.85. The summed E-state index contributed by atoms with van der Waals surface area (Å²) >= 11 is 0. The van der Waals surface area contributed by atoms with E-state index in [0.717, 1.165) is 31.1 Å². The molecular weight excluding hydrogens is 348 g/mol. The fourth-order valence-electron chi connectivity index (χ4n) is 3.05. The number of rotatable bonds is 7. The first-order valence-electron chi connectivity index (χ1n) is 7.87. The van der Waals surface area contributed by atoms with Gasteiger partial charge in [0, 0.05) is 23.6 Å². The van der Waals surface area contributed by atoms with Crippen LogP contribution in [0.4, 0.5) is 5.69 Å². The van der Waals surface area contributed by atoms with E-state index in [9.17, 15) is 18.5 Å². The zero-order valence-electron chi connectivity index (χ0n) is 13.6. The van der Waals surface area contributed by atoms with Crippen LogP contribution in [0, 0.1) is 16.0 Å². The lowest BCUT2D eigenvalue weighted by molar-refractivity contribution is -0.384. The Morgan fingerprint density at radius 2 is 2.20 bits per heavy atom. The van der Waals surface area contributed by atoms with Crippen LogP contribution in [0.3, 0.4) is 0 Å². The van der Waals surface area contributed by atoms with Crippen LogP contribution in [0.5, 0.6) is 0 Å². The summed E-state index contributed by atoms with van der Waals surface area (Å²) in [7, 11) is -3.60. The van der Waals surface area contributed by atoms with Crippen LogP contribution in [0.2, 0.25) is 0 Å². The Hall–Kier alpha value is -2.26. The van der Waals surface area contributed by atoms with E-state index < -0.39 is 15.0 Å². The molecular formula is C16H18N2O6S. The molecule has 0 spiro atoms. The molecule has 2 aromatic rings. The quantitative estimate of drug-likeness (QED) is 0.420. The van der Waals surface area contributed by atoms with Gasteiger partial charge in [-0.1, -0.05) is 23.7 Å². The number of hydrogen-bond acceptors (Lipinski definition) is 7. The third-order valence-electron chi connectivity index (χ3n) is 4.45. The lowest BCUT2D eigenvalue weighted by Gasteiger charge is -2.33. The second kappa shape index (κ2) is 6.93. The summed E-state index contributed by atoms with van der Waals surface area (Å²) in [5, 5.41) is 14.9. The summed E-state index contributed by atoms with van der Waals surface area (Å²) in [6, 6.07) is 6.43. The van der Waals surface area contributed by atoms with Gasteiger partial charge in [-0.3, -0.25) is 14.3 Å². The summed E-state index contributed by atoms with van der Waals surface area (Å²) in [6.07, 6.45) is 5.44. The molecule has 1 aliphatic carbocycles. The van der Waals surface area contributed by atoms with E-state index in [2.05, 4.69) is 5.16 Å². The number of nitrogens with zero attached hydrogens (tertiary/aromatic N) is 2. The van der Waals surface area contributed by atoms with Gasteiger partial charge in [0.2, 0.25) is 0 Å². The van der Waals surface area contributed by atoms with E-state index in [1.54, 1.807) is 6.07 Å². The molecule has 25 heavy (non-hydrogen) atoms. The first kappa shape index (κ1) is 17.6. The van der Waals surface area contributed by atoms with E-state index in [1.807, 2.05) is 6.07 Å². The van der Waals surface area contributed by atoms with Crippen molar-refractivity contribution in [2.24, 2.45) is 5.92 Å². The standard InChI is InChI=1S/C16H18N2O6S/c1-25(21,22)23-10-13-9-17-24-16(13)15(11-4-2-5-11)12-6-3-7-14(8-12)18(19)20/h3,6-9,11,15H,2,4-5,10H2,1H3. The summed E-state index contributed by atoms with van der Waals surface area (Å²) < 4.78 is 32.8. The van der Waals surface area contributed by atoms with Gasteiger partial charge >= 0.3 is 0 Å². The van der Waals surface area contributed by atoms with Crippen LogP contribution >= 0.6 is 0 Å². The lowest BCUT2D eigenvalue weighted by atomic mass is 9.71. The van der Waals surface area contributed by atoms with E-state index >= 15 is 0 Å². The summed E-state index contributed by atoms with van der Waals surface area (Å²) in [5.41, 5.74) is 1.31. The molecule has 9 heteroatoms. The lowest BCUT2D eigenvalue weighted by Crippen LogP contribution is -2.22. The highest BCUT2D eigenvalue weighted by Crippen LogP contribution is 2.45. The van der Waals surface area contributed by atoms with Crippen LogP contribution in [0.1, 0.15) is 42.1 Å². The molecule has 1 aliphatic rings. The number of hydrogen-bond donors (Lipinski definition) is 0. The van der Waals surface area contributed by atoms with E-state index in [4.69, 9.17) is 8.71 Å². The molecule has 1 fully saturated rings. The van der Waals surface area contributed by atoms with Crippen molar-refractivity contribution in [1.29, 1.82) is 0 Å². The molecule has 1 atom stereocenters. The first-order chi connectivity index (χ1) is 11.8. The molecule has 1 aromatic heterocycles. The topological polar surface area (TPSA) is 113 Å². The Morgan fingerprint density at radius 3 is 2.80 bits per heavy atom. The predicted molar refractivity (Wildman–Crippen MR) is 88.4 cm³/mol. The summed E-state index contributed by atoms with van der Waals surface area (Å²) in [4.78, 5) is 10.6. The molecule has 0 amide bonds. The molecule has 1 saturated carbocycles. The maximum atomic E-state index is 11.3. The molecule has 134 valence electrons. The minimum absolute atomic E-state index is 0.00951. The van der Waals surface area contributed by atoms with Gasteiger partial charge in [0.05, 0.1) is 24.0 Å². The normalized spacial score (nSPS) is 16.4. The number of non-ortho nitro benzene ring substituents is 1. The van der Waals surface area contributed by atoms with Crippen LogP contribution in [0.15, 0.2) is 35.0 Å². The van der Waals surface area contributed by atoms with Gasteiger partial charge in [0.1, 0.15) is 5.76 Å². The highest BCUT2D eigenvalue weighted by Gasteiger charge is 2.35. The summed E-state index contributed by atoms with van der Waals surface area (Å²) in [6.45, 7) is -0.171. The van der Waals surface area contributed by atoms with Gasteiger partial charge in [-0.25, -0.2) is 0 Å². The zero-order chi connectivity index (χ0) is 18.0. The molecule has 8 nitrogen and oxygen atoms in total. The van der Waals surface area contributed by atoms with Crippen molar-refractivity contribution >= 4 is 15.8 Å². The first-order valence-corrected chi connectivity index (χ1v) is 9.69. The fraction of sp³-hybridized carbons (Fsp3) is 0.438. The van der Waals surface area contributed by atoms with E-state index in [0.29, 0.717) is 11.3 Å². The molecule has 0 aliphatic heterocycles. The Labute approximate surface area is 145 Å². The van der Waals surface area contributed by atoms with Crippen molar-refractivity contribution in [2.45, 2.75) is 31.8 Å². The van der Waals surface area contributed by atoms with Gasteiger partial charge in [0.15, 0.2) is 0 Å². The predicted octanol–water partition coefficient (Wildman–Crippen LogP) is 2.99. The van der Waals surface area contributed by atoms with Crippen LogP contribution < -0.4 is 0 Å². The monoisotopic (exact) mass is 366 g/mol. The second-order valence-corrected chi connectivity index (χ2v) is 7.85. The Bertz CT molecular complexity index is 872. The molecule has 0 radical (unpaired) electrons. The Kier molecular flexibility index (Phi) is 4.87. The molecule has 1 aromatic carbocycles. The van der Waals surface area contributed by atoms with Gasteiger partial charge in [-0.2, -0.15) is 8.42 Å². The smallest absolute Gasteiger partial charge is 0.269 e. The third kappa shape index (κ3) is 4.05. The minimum atomic E-state index is -3.60. The average Bonchev–Trinajstić information content (AvgIpc) is 2.96. The van der Waals surface area contributed by atoms with Crippen molar-refractivity contribution in [3.63, 3.8) is 0 Å². The Balaban J connectivity index is 1.96. The highest BCUT2D eigenvalue weighted by atomic mass is 32.2. The second-order valence-electron chi connectivity index (χ2n) is 6.20. The Morgan fingerprint density at radius 1 is 1.44 bits per heavy atom. The zero-order valence-corrected chi connectivity index (χ0v) is 14.4. The van der Waals surface area contributed by atoms with Crippen molar-refractivity contribution in [2.75, 3.05) is 6.26 Å². The number of benzene rings is 1. The fourth-order valence-corrected chi connectivity index (χ4v) is 3.39. The van der Waals surface area contributed by atoms with E-state index in [1.165, 1.54) is 18.3 Å². The number of aromatic nitrogens is 1. The molecule has 0 N–H and O–H groups in total. The van der Waals surface area contributed by atoms with Crippen molar-refractivity contribution < 1.29 is 22.0 Å². The number of nitro benzene ring substituents is 1. The van der Waals surface area contributed by atoms with Gasteiger partial charge in [-0.05, 0) is 24.3 Å². The molecule has 0 bridgehead atoms. The largest absolute Gasteiger partial charge is 0.360 e. The molecule has 1 unspecified atom stereocenters. The minimum Gasteiger partial charge on any atom is -0.360 e. The van der Waals surface area contributed by atoms with Crippen LogP contribution in [-0.2, 0) is 20.9 Å². The molecule has 0 saturated heterocycles. The van der Waals surface area contributed by atoms with Crippen molar-refractivity contribution in [3.05, 3.63) is 57.5 Å². The number of nitro groups is 1. The average molecular weight is 366 g/mol. The molecule has 1 heterocycles. The molecule has 3 rings (SSSR count).